The SMILES string of the molecule is COc1ccc([C@H](NC(=O)[C@@H]2CC=CC[C@@H]2C(=O)[O-])c2ccccc2)cc1. The van der Waals surface area contributed by atoms with Crippen LogP contribution in [0.1, 0.15) is 30.0 Å². The van der Waals surface area contributed by atoms with Crippen LogP contribution in [0.25, 0.3) is 0 Å². The fraction of sp³-hybridized carbons (Fsp3) is 0.273. The van der Waals surface area contributed by atoms with Crippen molar-refractivity contribution < 1.29 is 19.4 Å². The summed E-state index contributed by atoms with van der Waals surface area (Å²) in [6.07, 6.45) is 4.37. The highest BCUT2D eigenvalue weighted by atomic mass is 16.5. The van der Waals surface area contributed by atoms with Crippen LogP contribution in [0.15, 0.2) is 66.7 Å². The average molecular weight is 364 g/mol. The summed E-state index contributed by atoms with van der Waals surface area (Å²) in [5.74, 6) is -2.17. The molecule has 3 atom stereocenters. The summed E-state index contributed by atoms with van der Waals surface area (Å²) in [5.41, 5.74) is 1.82. The monoisotopic (exact) mass is 364 g/mol. The van der Waals surface area contributed by atoms with Gasteiger partial charge in [-0.1, -0.05) is 54.6 Å². The van der Waals surface area contributed by atoms with E-state index in [4.69, 9.17) is 4.74 Å². The van der Waals surface area contributed by atoms with Crippen molar-refractivity contribution in [2.24, 2.45) is 11.8 Å². The molecule has 0 radical (unpaired) electrons. The Balaban J connectivity index is 1.88. The lowest BCUT2D eigenvalue weighted by Crippen LogP contribution is -2.44. The van der Waals surface area contributed by atoms with Crippen molar-refractivity contribution in [3.8, 4) is 5.75 Å². The second kappa shape index (κ2) is 8.54. The highest BCUT2D eigenvalue weighted by molar-refractivity contribution is 5.85. The minimum absolute atomic E-state index is 0.279. The molecule has 5 nitrogen and oxygen atoms in total. The van der Waals surface area contributed by atoms with Crippen LogP contribution in [0.2, 0.25) is 0 Å². The van der Waals surface area contributed by atoms with Gasteiger partial charge in [0, 0.05) is 17.8 Å². The molecule has 0 saturated carbocycles. The van der Waals surface area contributed by atoms with Crippen molar-refractivity contribution in [3.63, 3.8) is 0 Å². The summed E-state index contributed by atoms with van der Waals surface area (Å²) in [7, 11) is 1.60. The zero-order valence-electron chi connectivity index (χ0n) is 15.1. The smallest absolute Gasteiger partial charge is 0.224 e. The van der Waals surface area contributed by atoms with E-state index in [1.807, 2.05) is 60.7 Å². The first-order chi connectivity index (χ1) is 13.1. The molecule has 2 aromatic rings. The predicted octanol–water partition coefficient (Wildman–Crippen LogP) is 2.23. The molecule has 140 valence electrons. The number of methoxy groups -OCH3 is 1. The van der Waals surface area contributed by atoms with Gasteiger partial charge in [0.05, 0.1) is 13.2 Å². The molecule has 1 amide bonds. The summed E-state index contributed by atoms with van der Waals surface area (Å²) in [4.78, 5) is 24.4. The molecule has 0 fully saturated rings. The standard InChI is InChI=1S/C22H23NO4/c1-27-17-13-11-16(12-14-17)20(15-7-3-2-4-8-15)23-21(24)18-9-5-6-10-19(18)22(25)26/h2-8,11-14,18-20H,9-10H2,1H3,(H,23,24)(H,25,26)/p-1/t18-,19+,20-/m1/s1. The van der Waals surface area contributed by atoms with Crippen LogP contribution in [0.3, 0.4) is 0 Å². The molecule has 0 aliphatic heterocycles. The predicted molar refractivity (Wildman–Crippen MR) is 99.8 cm³/mol. The van der Waals surface area contributed by atoms with Gasteiger partial charge in [0.15, 0.2) is 0 Å². The van der Waals surface area contributed by atoms with E-state index in [2.05, 4.69) is 5.32 Å². The largest absolute Gasteiger partial charge is 0.550 e. The Morgan fingerprint density at radius 1 is 0.963 bits per heavy atom. The lowest BCUT2D eigenvalue weighted by molar-refractivity contribution is -0.313. The van der Waals surface area contributed by atoms with Crippen molar-refractivity contribution in [3.05, 3.63) is 77.9 Å². The zero-order valence-corrected chi connectivity index (χ0v) is 15.1. The number of hydrogen-bond acceptors (Lipinski definition) is 4. The first kappa shape index (κ1) is 18.7. The number of amides is 1. The van der Waals surface area contributed by atoms with E-state index in [0.717, 1.165) is 16.9 Å². The maximum atomic E-state index is 12.9. The average Bonchev–Trinajstić information content (AvgIpc) is 2.72. The summed E-state index contributed by atoms with van der Waals surface area (Å²) in [5, 5.41) is 14.5. The van der Waals surface area contributed by atoms with E-state index in [0.29, 0.717) is 12.8 Å². The van der Waals surface area contributed by atoms with Crippen LogP contribution < -0.4 is 15.2 Å². The third-order valence-electron chi connectivity index (χ3n) is 4.94. The number of carboxylic acid groups (broad SMARTS) is 1. The first-order valence-corrected chi connectivity index (χ1v) is 8.95. The third kappa shape index (κ3) is 4.37. The van der Waals surface area contributed by atoms with E-state index < -0.39 is 17.8 Å². The second-order valence-corrected chi connectivity index (χ2v) is 6.60. The number of aliphatic carboxylic acids is 1. The molecule has 0 saturated heterocycles. The molecular weight excluding hydrogens is 342 g/mol. The Morgan fingerprint density at radius 3 is 2.15 bits per heavy atom. The minimum Gasteiger partial charge on any atom is -0.550 e. The topological polar surface area (TPSA) is 78.5 Å². The highest BCUT2D eigenvalue weighted by Crippen LogP contribution is 2.29. The van der Waals surface area contributed by atoms with E-state index in [1.165, 1.54) is 0 Å². The van der Waals surface area contributed by atoms with E-state index in [9.17, 15) is 14.7 Å². The molecule has 1 N–H and O–H groups in total. The van der Waals surface area contributed by atoms with Gasteiger partial charge >= 0.3 is 0 Å². The Bertz CT molecular complexity index is 814. The minimum atomic E-state index is -1.18. The number of carbonyl (C=O) groups excluding carboxylic acids is 2. The number of nitrogens with one attached hydrogen (secondary N) is 1. The molecule has 0 heterocycles. The van der Waals surface area contributed by atoms with Crippen molar-refractivity contribution in [1.29, 1.82) is 0 Å². The fourth-order valence-corrected chi connectivity index (χ4v) is 3.41. The Morgan fingerprint density at radius 2 is 1.56 bits per heavy atom. The molecule has 2 aromatic carbocycles. The van der Waals surface area contributed by atoms with E-state index in [-0.39, 0.29) is 11.9 Å². The molecule has 0 unspecified atom stereocenters. The van der Waals surface area contributed by atoms with Gasteiger partial charge < -0.3 is 20.0 Å². The lowest BCUT2D eigenvalue weighted by Gasteiger charge is -2.30. The van der Waals surface area contributed by atoms with E-state index >= 15 is 0 Å². The number of carbonyl (C=O) groups is 2. The Hall–Kier alpha value is -3.08. The number of ether oxygens (including phenoxy) is 1. The van der Waals surface area contributed by atoms with Crippen LogP contribution >= 0.6 is 0 Å². The number of hydrogen-bond donors (Lipinski definition) is 1. The zero-order chi connectivity index (χ0) is 19.2. The third-order valence-corrected chi connectivity index (χ3v) is 4.94. The van der Waals surface area contributed by atoms with Crippen LogP contribution in [0.5, 0.6) is 5.75 Å². The number of allylic oxidation sites excluding steroid dienone is 2. The number of rotatable bonds is 6. The fourth-order valence-electron chi connectivity index (χ4n) is 3.41. The maximum absolute atomic E-state index is 12.9. The Labute approximate surface area is 158 Å². The van der Waals surface area contributed by atoms with Crippen molar-refractivity contribution in [1.82, 2.24) is 5.32 Å². The first-order valence-electron chi connectivity index (χ1n) is 8.95. The maximum Gasteiger partial charge on any atom is 0.224 e. The van der Waals surface area contributed by atoms with Crippen LogP contribution in [-0.2, 0) is 9.59 Å². The van der Waals surface area contributed by atoms with Gasteiger partial charge in [0.1, 0.15) is 5.75 Å². The number of carboxylic acids is 1. The van der Waals surface area contributed by atoms with Gasteiger partial charge in [0.2, 0.25) is 5.91 Å². The van der Waals surface area contributed by atoms with E-state index in [1.54, 1.807) is 13.2 Å². The van der Waals surface area contributed by atoms with Crippen molar-refractivity contribution in [2.45, 2.75) is 18.9 Å². The summed E-state index contributed by atoms with van der Waals surface area (Å²) in [6, 6.07) is 16.7. The highest BCUT2D eigenvalue weighted by Gasteiger charge is 2.31. The molecule has 1 aliphatic carbocycles. The summed E-state index contributed by atoms with van der Waals surface area (Å²) in [6.45, 7) is 0. The molecule has 27 heavy (non-hydrogen) atoms. The molecule has 0 aromatic heterocycles. The van der Waals surface area contributed by atoms with Crippen LogP contribution in [0, 0.1) is 11.8 Å². The molecule has 5 heteroatoms. The summed E-state index contributed by atoms with van der Waals surface area (Å²) >= 11 is 0. The molecular formula is C22H22NO4-. The number of benzene rings is 2. The van der Waals surface area contributed by atoms with Crippen LogP contribution in [-0.4, -0.2) is 19.0 Å². The Kier molecular flexibility index (Phi) is 5.91. The van der Waals surface area contributed by atoms with Gasteiger partial charge in [-0.3, -0.25) is 4.79 Å². The molecule has 0 bridgehead atoms. The van der Waals surface area contributed by atoms with Gasteiger partial charge in [-0.25, -0.2) is 0 Å². The van der Waals surface area contributed by atoms with Crippen molar-refractivity contribution in [2.75, 3.05) is 7.11 Å². The van der Waals surface area contributed by atoms with Gasteiger partial charge in [-0.15, -0.1) is 0 Å². The van der Waals surface area contributed by atoms with Crippen molar-refractivity contribution >= 4 is 11.9 Å². The molecule has 0 spiro atoms. The van der Waals surface area contributed by atoms with Gasteiger partial charge in [0.25, 0.3) is 0 Å². The van der Waals surface area contributed by atoms with Gasteiger partial charge in [-0.2, -0.15) is 0 Å². The van der Waals surface area contributed by atoms with Gasteiger partial charge in [-0.05, 0) is 36.1 Å². The molecule has 3 rings (SSSR count). The normalized spacial score (nSPS) is 19.9. The second-order valence-electron chi connectivity index (χ2n) is 6.60. The lowest BCUT2D eigenvalue weighted by atomic mass is 9.82. The van der Waals surface area contributed by atoms with Crippen LogP contribution in [0.4, 0.5) is 0 Å². The summed E-state index contributed by atoms with van der Waals surface area (Å²) < 4.78 is 5.20. The quantitative estimate of drug-likeness (QED) is 0.798. The molecule has 1 aliphatic rings.